The highest BCUT2D eigenvalue weighted by molar-refractivity contribution is 7.80. The molecule has 33 heavy (non-hydrogen) atoms. The van der Waals surface area contributed by atoms with Crippen molar-refractivity contribution in [3.8, 4) is 5.75 Å². The first-order chi connectivity index (χ1) is 15.5. The minimum absolute atomic E-state index is 0.0862. The Morgan fingerprint density at radius 3 is 2.21 bits per heavy atom. The molecule has 0 bridgehead atoms. The smallest absolute Gasteiger partial charge is 0.170 e. The lowest BCUT2D eigenvalue weighted by molar-refractivity contribution is 0.296. The fraction of sp³-hybridized carbons (Fsp3) is 0.552. The van der Waals surface area contributed by atoms with Crippen molar-refractivity contribution in [2.45, 2.75) is 91.9 Å². The van der Waals surface area contributed by atoms with Crippen LogP contribution in [-0.4, -0.2) is 18.3 Å². The highest BCUT2D eigenvalue weighted by Crippen LogP contribution is 2.38. The highest BCUT2D eigenvalue weighted by Gasteiger charge is 2.26. The second-order valence-corrected chi connectivity index (χ2v) is 10.8. The zero-order chi connectivity index (χ0) is 24.6. The molecule has 182 valence electrons. The first-order valence-electron chi connectivity index (χ1n) is 12.4. The first kappa shape index (κ1) is 27.2. The Kier molecular flexibility index (Phi) is 9.78. The summed E-state index contributed by atoms with van der Waals surface area (Å²) in [7, 11) is 0. The molecule has 0 amide bonds. The van der Waals surface area contributed by atoms with E-state index in [-0.39, 0.29) is 10.8 Å². The Hall–Kier alpha value is -2.07. The highest BCUT2D eigenvalue weighted by atomic mass is 32.1. The van der Waals surface area contributed by atoms with Crippen molar-refractivity contribution < 1.29 is 4.74 Å². The van der Waals surface area contributed by atoms with E-state index in [9.17, 15) is 0 Å². The molecule has 0 saturated heterocycles. The molecule has 0 atom stereocenters. The molecule has 2 aromatic carbocycles. The monoisotopic (exact) mass is 468 g/mol. The Morgan fingerprint density at radius 1 is 0.879 bits per heavy atom. The Balaban J connectivity index is 1.85. The van der Waals surface area contributed by atoms with E-state index >= 15 is 0 Å². The minimum Gasteiger partial charge on any atom is -0.493 e. The Morgan fingerprint density at radius 2 is 1.58 bits per heavy atom. The molecular weight excluding hydrogens is 424 g/mol. The zero-order valence-electron chi connectivity index (χ0n) is 22.0. The van der Waals surface area contributed by atoms with E-state index in [1.165, 1.54) is 22.3 Å². The summed E-state index contributed by atoms with van der Waals surface area (Å²) in [6, 6.07) is 13.1. The van der Waals surface area contributed by atoms with Crippen molar-refractivity contribution in [2.75, 3.05) is 18.5 Å². The average molecular weight is 469 g/mol. The van der Waals surface area contributed by atoms with E-state index < -0.39 is 0 Å². The molecule has 0 aromatic heterocycles. The van der Waals surface area contributed by atoms with Crippen LogP contribution in [0.2, 0.25) is 0 Å². The summed E-state index contributed by atoms with van der Waals surface area (Å²) >= 11 is 5.44. The van der Waals surface area contributed by atoms with E-state index in [0.29, 0.717) is 11.7 Å². The number of hydrogen-bond donors (Lipinski definition) is 2. The van der Waals surface area contributed by atoms with Crippen molar-refractivity contribution in [1.82, 2.24) is 5.32 Å². The lowest BCUT2D eigenvalue weighted by Gasteiger charge is -2.30. The second-order valence-electron chi connectivity index (χ2n) is 10.4. The van der Waals surface area contributed by atoms with Gasteiger partial charge < -0.3 is 15.4 Å². The maximum absolute atomic E-state index is 6.28. The predicted octanol–water partition coefficient (Wildman–Crippen LogP) is 7.82. The number of unbranched alkanes of at least 4 members (excludes halogenated alkanes) is 1. The van der Waals surface area contributed by atoms with Gasteiger partial charge in [-0.3, -0.25) is 0 Å². The molecule has 0 aliphatic heterocycles. The third-order valence-corrected chi connectivity index (χ3v) is 7.38. The van der Waals surface area contributed by atoms with E-state index in [0.717, 1.165) is 43.7 Å². The normalized spacial score (nSPS) is 11.9. The first-order valence-corrected chi connectivity index (χ1v) is 12.8. The third kappa shape index (κ3) is 7.74. The van der Waals surface area contributed by atoms with E-state index in [1.807, 2.05) is 0 Å². The minimum atomic E-state index is 0.0862. The lowest BCUT2D eigenvalue weighted by atomic mass is 9.76. The maximum Gasteiger partial charge on any atom is 0.170 e. The Bertz CT molecular complexity index is 933. The van der Waals surface area contributed by atoms with Gasteiger partial charge >= 0.3 is 0 Å². The maximum atomic E-state index is 6.28. The number of hydrogen-bond acceptors (Lipinski definition) is 2. The van der Waals surface area contributed by atoms with Gasteiger partial charge in [0.05, 0.1) is 6.61 Å². The van der Waals surface area contributed by atoms with Crippen LogP contribution >= 0.6 is 12.2 Å². The summed E-state index contributed by atoms with van der Waals surface area (Å²) in [5.41, 5.74) is 6.55. The van der Waals surface area contributed by atoms with Gasteiger partial charge in [-0.25, -0.2) is 0 Å². The summed E-state index contributed by atoms with van der Waals surface area (Å²) in [6.07, 6.45) is 4.18. The SMILES string of the molecule is CCC(C)(C)c1ccc(OCCCCNC(=S)Nc2ccc(C)c(C)c2)c(C(C)(C)CC)c1. The number of nitrogens with one attached hydrogen (secondary N) is 2. The van der Waals surface area contributed by atoms with Gasteiger partial charge in [-0.1, -0.05) is 59.7 Å². The average Bonchev–Trinajstić information content (AvgIpc) is 2.78. The van der Waals surface area contributed by atoms with Gasteiger partial charge in [0, 0.05) is 17.8 Å². The number of aryl methyl sites for hydroxylation is 2. The fourth-order valence-electron chi connectivity index (χ4n) is 3.61. The standard InChI is InChI=1S/C29H44N2OS/c1-9-28(5,6)23-14-16-26(25(20-23)29(7,8)10-2)32-18-12-11-17-30-27(33)31-24-15-13-21(3)22(4)19-24/h13-16,19-20H,9-12,17-18H2,1-8H3,(H2,30,31,33). The molecule has 2 aromatic rings. The van der Waals surface area contributed by atoms with Crippen LogP contribution < -0.4 is 15.4 Å². The van der Waals surface area contributed by atoms with Crippen LogP contribution in [0.15, 0.2) is 36.4 Å². The molecule has 0 aliphatic carbocycles. The number of benzene rings is 2. The predicted molar refractivity (Wildman–Crippen MR) is 148 cm³/mol. The van der Waals surface area contributed by atoms with Gasteiger partial charge in [0.2, 0.25) is 0 Å². The third-order valence-electron chi connectivity index (χ3n) is 7.14. The van der Waals surface area contributed by atoms with E-state index in [4.69, 9.17) is 17.0 Å². The van der Waals surface area contributed by atoms with Crippen molar-refractivity contribution in [2.24, 2.45) is 0 Å². The van der Waals surface area contributed by atoms with Gasteiger partial charge in [0.15, 0.2) is 5.11 Å². The topological polar surface area (TPSA) is 33.3 Å². The molecular formula is C29H44N2OS. The number of anilines is 1. The van der Waals surface area contributed by atoms with Crippen molar-refractivity contribution in [1.29, 1.82) is 0 Å². The van der Waals surface area contributed by atoms with Crippen molar-refractivity contribution in [3.63, 3.8) is 0 Å². The van der Waals surface area contributed by atoms with Gasteiger partial charge in [0.25, 0.3) is 0 Å². The summed E-state index contributed by atoms with van der Waals surface area (Å²) in [4.78, 5) is 0. The van der Waals surface area contributed by atoms with Crippen LogP contribution in [-0.2, 0) is 10.8 Å². The van der Waals surface area contributed by atoms with Gasteiger partial charge in [0.1, 0.15) is 5.75 Å². The largest absolute Gasteiger partial charge is 0.493 e. The molecule has 2 N–H and O–H groups in total. The van der Waals surface area contributed by atoms with Crippen LogP contribution in [0.1, 0.15) is 89.5 Å². The van der Waals surface area contributed by atoms with Crippen LogP contribution in [0.25, 0.3) is 0 Å². The molecule has 0 fully saturated rings. The van der Waals surface area contributed by atoms with E-state index in [1.54, 1.807) is 0 Å². The summed E-state index contributed by atoms with van der Waals surface area (Å²) in [6.45, 7) is 19.5. The molecule has 0 spiro atoms. The molecule has 0 unspecified atom stereocenters. The molecule has 3 nitrogen and oxygen atoms in total. The summed E-state index contributed by atoms with van der Waals surface area (Å²) < 4.78 is 6.28. The molecule has 0 aliphatic rings. The van der Waals surface area contributed by atoms with Crippen LogP contribution in [0.4, 0.5) is 5.69 Å². The fourth-order valence-corrected chi connectivity index (χ4v) is 3.83. The van der Waals surface area contributed by atoms with Gasteiger partial charge in [-0.05, 0) is 97.5 Å². The van der Waals surface area contributed by atoms with Gasteiger partial charge in [-0.15, -0.1) is 0 Å². The molecule has 2 rings (SSSR count). The molecule has 0 saturated carbocycles. The van der Waals surface area contributed by atoms with Crippen molar-refractivity contribution >= 4 is 23.0 Å². The number of ether oxygens (including phenoxy) is 1. The summed E-state index contributed by atoms with van der Waals surface area (Å²) in [5, 5.41) is 7.24. The number of rotatable bonds is 11. The lowest BCUT2D eigenvalue weighted by Crippen LogP contribution is -2.29. The molecule has 4 heteroatoms. The molecule has 0 radical (unpaired) electrons. The van der Waals surface area contributed by atoms with Gasteiger partial charge in [-0.2, -0.15) is 0 Å². The zero-order valence-corrected chi connectivity index (χ0v) is 22.8. The quantitative estimate of drug-likeness (QED) is 0.260. The number of thiocarbonyl (C=S) groups is 1. The van der Waals surface area contributed by atoms with Crippen LogP contribution in [0.5, 0.6) is 5.75 Å². The van der Waals surface area contributed by atoms with Crippen molar-refractivity contribution in [3.05, 3.63) is 58.7 Å². The van der Waals surface area contributed by atoms with Crippen LogP contribution in [0.3, 0.4) is 0 Å². The second kappa shape index (κ2) is 11.9. The molecule has 0 heterocycles. The van der Waals surface area contributed by atoms with Crippen LogP contribution in [0, 0.1) is 13.8 Å². The van der Waals surface area contributed by atoms with E-state index in [2.05, 4.69) is 102 Å². The Labute approximate surface area is 207 Å². The summed E-state index contributed by atoms with van der Waals surface area (Å²) in [5.74, 6) is 1.03.